The number of carbonyl (C=O) groups is 2. The van der Waals surface area contributed by atoms with Crippen molar-refractivity contribution in [3.05, 3.63) is 35.6 Å². The maximum absolute atomic E-state index is 12.5. The number of rotatable bonds is 7. The summed E-state index contributed by atoms with van der Waals surface area (Å²) in [6.45, 7) is 9.84. The number of nitrogens with one attached hydrogen (secondary N) is 2. The molecular weight excluding hydrogens is 344 g/mol. The Morgan fingerprint density at radius 1 is 1.11 bits per heavy atom. The number of hydrogen-bond donors (Lipinski definition) is 2. The van der Waals surface area contributed by atoms with Crippen molar-refractivity contribution in [2.24, 2.45) is 11.8 Å². The Kier molecular flexibility index (Phi) is 5.48. The number of aryl methyl sites for hydroxylation is 2. The van der Waals surface area contributed by atoms with Gasteiger partial charge in [-0.05, 0) is 57.9 Å². The summed E-state index contributed by atoms with van der Waals surface area (Å²) in [5, 5.41) is 9.38. The van der Waals surface area contributed by atoms with Gasteiger partial charge in [0.25, 0.3) is 0 Å². The largest absolute Gasteiger partial charge is 0.372 e. The van der Waals surface area contributed by atoms with E-state index in [0.29, 0.717) is 18.0 Å². The molecule has 2 N–H and O–H groups in total. The number of carbonyl (C=O) groups excluding carboxylic acids is 2. The fourth-order valence-electron chi connectivity index (χ4n) is 3.22. The molecule has 0 bridgehead atoms. The molecule has 0 saturated heterocycles. The Bertz CT molecular complexity index is 842. The van der Waals surface area contributed by atoms with E-state index in [9.17, 15) is 9.59 Å². The van der Waals surface area contributed by atoms with Crippen LogP contribution in [0.3, 0.4) is 0 Å². The number of amides is 2. The lowest BCUT2D eigenvalue weighted by Crippen LogP contribution is -2.22. The summed E-state index contributed by atoms with van der Waals surface area (Å²) >= 11 is 0. The molecular formula is C20H26N4O3. The van der Waals surface area contributed by atoms with Crippen LogP contribution in [0.5, 0.6) is 0 Å². The minimum Gasteiger partial charge on any atom is -0.372 e. The number of nitrogens with zero attached hydrogens (tertiary/aromatic N) is 2. The second kappa shape index (κ2) is 7.82. The quantitative estimate of drug-likeness (QED) is 0.780. The highest BCUT2D eigenvalue weighted by Gasteiger charge is 2.48. The third-order valence-corrected chi connectivity index (χ3v) is 4.94. The lowest BCUT2D eigenvalue weighted by molar-refractivity contribution is -0.122. The predicted molar refractivity (Wildman–Crippen MR) is 105 cm³/mol. The standard InChI is InChI=1S/C20H26N4O3/c1-5-24(6-2)14-7-8-17(12(3)9-14)21-19(25)15-11-16(15)20(26)22-18-10-13(4)27-23-18/h7-10,15-16H,5-6,11H2,1-4H3,(H,21,25)(H,22,23,26). The van der Waals surface area contributed by atoms with Crippen molar-refractivity contribution in [3.8, 4) is 0 Å². The molecule has 7 heteroatoms. The summed E-state index contributed by atoms with van der Waals surface area (Å²) in [5.41, 5.74) is 2.93. The summed E-state index contributed by atoms with van der Waals surface area (Å²) in [6.07, 6.45) is 0.547. The van der Waals surface area contributed by atoms with Crippen LogP contribution in [0.1, 0.15) is 31.6 Å². The highest BCUT2D eigenvalue weighted by atomic mass is 16.5. The molecule has 2 unspecified atom stereocenters. The molecule has 1 fully saturated rings. The maximum atomic E-state index is 12.5. The van der Waals surface area contributed by atoms with E-state index in [2.05, 4.69) is 40.6 Å². The molecule has 1 saturated carbocycles. The predicted octanol–water partition coefficient (Wildman–Crippen LogP) is 3.35. The highest BCUT2D eigenvalue weighted by Crippen LogP contribution is 2.40. The van der Waals surface area contributed by atoms with E-state index >= 15 is 0 Å². The number of benzene rings is 1. The average Bonchev–Trinajstić information content (AvgIpc) is 3.35. The third-order valence-electron chi connectivity index (χ3n) is 4.94. The second-order valence-electron chi connectivity index (χ2n) is 6.92. The van der Waals surface area contributed by atoms with Gasteiger partial charge in [-0.25, -0.2) is 0 Å². The van der Waals surface area contributed by atoms with Crippen molar-refractivity contribution in [1.29, 1.82) is 0 Å². The molecule has 27 heavy (non-hydrogen) atoms. The molecule has 144 valence electrons. The van der Waals surface area contributed by atoms with Gasteiger partial charge < -0.3 is 20.1 Å². The van der Waals surface area contributed by atoms with E-state index in [1.807, 2.05) is 19.1 Å². The molecule has 1 aliphatic carbocycles. The normalized spacial score (nSPS) is 18.1. The van der Waals surface area contributed by atoms with Crippen molar-refractivity contribution < 1.29 is 14.1 Å². The average molecular weight is 370 g/mol. The fraction of sp³-hybridized carbons (Fsp3) is 0.450. The zero-order valence-electron chi connectivity index (χ0n) is 16.2. The maximum Gasteiger partial charge on any atom is 0.229 e. The van der Waals surface area contributed by atoms with Crippen molar-refractivity contribution in [1.82, 2.24) is 5.16 Å². The van der Waals surface area contributed by atoms with Gasteiger partial charge in [0.15, 0.2) is 5.82 Å². The molecule has 7 nitrogen and oxygen atoms in total. The summed E-state index contributed by atoms with van der Waals surface area (Å²) in [6, 6.07) is 7.67. The molecule has 3 rings (SSSR count). The Balaban J connectivity index is 1.57. The van der Waals surface area contributed by atoms with Crippen LogP contribution in [-0.4, -0.2) is 30.1 Å². The summed E-state index contributed by atoms with van der Waals surface area (Å²) in [7, 11) is 0. The third kappa shape index (κ3) is 4.30. The summed E-state index contributed by atoms with van der Waals surface area (Å²) in [4.78, 5) is 27.0. The molecule has 1 aliphatic rings. The minimum atomic E-state index is -0.322. The molecule has 2 aromatic rings. The Labute approximate surface area is 159 Å². The van der Waals surface area contributed by atoms with Gasteiger partial charge >= 0.3 is 0 Å². The lowest BCUT2D eigenvalue weighted by atomic mass is 10.1. The van der Waals surface area contributed by atoms with Crippen molar-refractivity contribution in [2.45, 2.75) is 34.1 Å². The van der Waals surface area contributed by atoms with Gasteiger partial charge in [0, 0.05) is 30.5 Å². The number of anilines is 3. The number of hydrogen-bond acceptors (Lipinski definition) is 5. The molecule has 2 amide bonds. The lowest BCUT2D eigenvalue weighted by Gasteiger charge is -2.22. The van der Waals surface area contributed by atoms with Crippen LogP contribution in [0.2, 0.25) is 0 Å². The summed E-state index contributed by atoms with van der Waals surface area (Å²) in [5.74, 6) is 0.0600. The minimum absolute atomic E-state index is 0.120. The molecule has 0 spiro atoms. The van der Waals surface area contributed by atoms with Crippen LogP contribution in [0.25, 0.3) is 0 Å². The van der Waals surface area contributed by atoms with Gasteiger partial charge in [0.2, 0.25) is 11.8 Å². The van der Waals surface area contributed by atoms with E-state index in [1.165, 1.54) is 0 Å². The van der Waals surface area contributed by atoms with E-state index in [-0.39, 0.29) is 23.7 Å². The van der Waals surface area contributed by atoms with Gasteiger partial charge in [0.1, 0.15) is 5.76 Å². The van der Waals surface area contributed by atoms with Crippen LogP contribution < -0.4 is 15.5 Å². The topological polar surface area (TPSA) is 87.5 Å². The first-order chi connectivity index (χ1) is 12.9. The van der Waals surface area contributed by atoms with Gasteiger partial charge in [-0.3, -0.25) is 9.59 Å². The van der Waals surface area contributed by atoms with Crippen molar-refractivity contribution in [3.63, 3.8) is 0 Å². The van der Waals surface area contributed by atoms with E-state index in [4.69, 9.17) is 4.52 Å². The first kappa shape index (κ1) is 18.9. The smallest absolute Gasteiger partial charge is 0.229 e. The molecule has 1 aromatic carbocycles. The second-order valence-corrected chi connectivity index (χ2v) is 6.92. The molecule has 0 aliphatic heterocycles. The first-order valence-electron chi connectivity index (χ1n) is 9.33. The van der Waals surface area contributed by atoms with Crippen LogP contribution in [0, 0.1) is 25.7 Å². The van der Waals surface area contributed by atoms with Crippen molar-refractivity contribution >= 4 is 29.0 Å². The molecule has 1 aromatic heterocycles. The Morgan fingerprint density at radius 2 is 1.78 bits per heavy atom. The van der Waals surface area contributed by atoms with Crippen LogP contribution in [0.4, 0.5) is 17.2 Å². The van der Waals surface area contributed by atoms with Crippen LogP contribution in [-0.2, 0) is 9.59 Å². The zero-order chi connectivity index (χ0) is 19.6. The van der Waals surface area contributed by atoms with E-state index in [0.717, 1.165) is 30.0 Å². The molecule has 2 atom stereocenters. The van der Waals surface area contributed by atoms with E-state index in [1.54, 1.807) is 13.0 Å². The number of aromatic nitrogens is 1. The summed E-state index contributed by atoms with van der Waals surface area (Å²) < 4.78 is 4.93. The van der Waals surface area contributed by atoms with Gasteiger partial charge in [-0.15, -0.1) is 0 Å². The SMILES string of the molecule is CCN(CC)c1ccc(NC(=O)C2CC2C(=O)Nc2cc(C)on2)c(C)c1. The fourth-order valence-corrected chi connectivity index (χ4v) is 3.22. The first-order valence-corrected chi connectivity index (χ1v) is 9.33. The van der Waals surface area contributed by atoms with Crippen LogP contribution >= 0.6 is 0 Å². The van der Waals surface area contributed by atoms with Gasteiger partial charge in [-0.2, -0.15) is 0 Å². The molecule has 1 heterocycles. The van der Waals surface area contributed by atoms with Crippen LogP contribution in [0.15, 0.2) is 28.8 Å². The van der Waals surface area contributed by atoms with E-state index < -0.39 is 0 Å². The monoisotopic (exact) mass is 370 g/mol. The molecule has 0 radical (unpaired) electrons. The zero-order valence-corrected chi connectivity index (χ0v) is 16.2. The van der Waals surface area contributed by atoms with Gasteiger partial charge in [-0.1, -0.05) is 5.16 Å². The highest BCUT2D eigenvalue weighted by molar-refractivity contribution is 6.03. The van der Waals surface area contributed by atoms with Gasteiger partial charge in [0.05, 0.1) is 11.8 Å². The Hall–Kier alpha value is -2.83. The Morgan fingerprint density at radius 3 is 2.33 bits per heavy atom. The van der Waals surface area contributed by atoms with Crippen molar-refractivity contribution in [2.75, 3.05) is 28.6 Å².